The lowest BCUT2D eigenvalue weighted by Gasteiger charge is -2.22. The van der Waals surface area contributed by atoms with Crippen LogP contribution in [-0.4, -0.2) is 37.0 Å². The van der Waals surface area contributed by atoms with Gasteiger partial charge >= 0.3 is 11.9 Å². The minimum absolute atomic E-state index is 0.108. The van der Waals surface area contributed by atoms with Crippen molar-refractivity contribution in [2.75, 3.05) is 7.11 Å². The predicted molar refractivity (Wildman–Crippen MR) is 93.7 cm³/mol. The van der Waals surface area contributed by atoms with E-state index in [1.807, 2.05) is 60.7 Å². The van der Waals surface area contributed by atoms with E-state index in [2.05, 4.69) is 5.23 Å². The van der Waals surface area contributed by atoms with E-state index in [1.165, 1.54) is 7.11 Å². The van der Waals surface area contributed by atoms with Crippen molar-refractivity contribution in [1.82, 2.24) is 5.23 Å². The molecular weight excluding hydrogens is 305 g/mol. The van der Waals surface area contributed by atoms with E-state index in [4.69, 9.17) is 9.84 Å². The largest absolute Gasteiger partial charge is 0.481 e. The quantitative estimate of drug-likeness (QED) is 0.554. The molecule has 0 spiro atoms. The second kappa shape index (κ2) is 8.89. The van der Waals surface area contributed by atoms with Gasteiger partial charge in [0.05, 0.1) is 13.2 Å². The van der Waals surface area contributed by atoms with Crippen molar-refractivity contribution in [1.29, 1.82) is 0 Å². The maximum Gasteiger partial charge on any atom is 0.321 e. The standard InChI is InChI=1S/C18H20BNO4/c1-24-18(23)16(12-13-17(21)22)20-19(14-8-4-2-5-9-14)15-10-6-3-7-11-15/h2-11,16,20H,12-13H2,1H3,(H,21,22). The van der Waals surface area contributed by atoms with E-state index < -0.39 is 18.0 Å². The van der Waals surface area contributed by atoms with E-state index in [0.717, 1.165) is 10.9 Å². The lowest BCUT2D eigenvalue weighted by atomic mass is 9.50. The van der Waals surface area contributed by atoms with Crippen LogP contribution in [0.3, 0.4) is 0 Å². The highest BCUT2D eigenvalue weighted by Crippen LogP contribution is 2.02. The Bertz CT molecular complexity index is 624. The molecule has 124 valence electrons. The van der Waals surface area contributed by atoms with Crippen LogP contribution < -0.4 is 16.2 Å². The first-order chi connectivity index (χ1) is 11.6. The van der Waals surface area contributed by atoms with Crippen LogP contribution in [0.25, 0.3) is 0 Å². The molecule has 0 bridgehead atoms. The fourth-order valence-electron chi connectivity index (χ4n) is 2.56. The number of esters is 1. The Hall–Kier alpha value is -2.60. The zero-order valence-electron chi connectivity index (χ0n) is 13.5. The molecular formula is C18H20BNO4. The number of nitrogens with one attached hydrogen (secondary N) is 1. The highest BCUT2D eigenvalue weighted by molar-refractivity contribution is 6.83. The molecule has 2 rings (SSSR count). The zero-order valence-corrected chi connectivity index (χ0v) is 13.5. The van der Waals surface area contributed by atoms with Crippen molar-refractivity contribution in [3.05, 3.63) is 60.7 Å². The summed E-state index contributed by atoms with van der Waals surface area (Å²) in [6.07, 6.45) is 0.0568. The van der Waals surface area contributed by atoms with Crippen LogP contribution in [0.2, 0.25) is 0 Å². The van der Waals surface area contributed by atoms with Gasteiger partial charge < -0.3 is 15.1 Å². The summed E-state index contributed by atoms with van der Waals surface area (Å²) in [4.78, 5) is 22.9. The molecule has 1 unspecified atom stereocenters. The number of carbonyl (C=O) groups is 2. The molecule has 2 aromatic rings. The molecule has 0 aliphatic carbocycles. The van der Waals surface area contributed by atoms with E-state index in [-0.39, 0.29) is 19.7 Å². The number of carboxylic acids is 1. The molecule has 5 nitrogen and oxygen atoms in total. The number of hydrogen-bond donors (Lipinski definition) is 2. The third kappa shape index (κ3) is 4.96. The molecule has 0 fully saturated rings. The molecule has 24 heavy (non-hydrogen) atoms. The Morgan fingerprint density at radius 1 is 1.04 bits per heavy atom. The Kier molecular flexibility index (Phi) is 6.57. The Labute approximate surface area is 141 Å². The second-order valence-electron chi connectivity index (χ2n) is 5.43. The highest BCUT2D eigenvalue weighted by atomic mass is 16.5. The second-order valence-corrected chi connectivity index (χ2v) is 5.43. The zero-order chi connectivity index (χ0) is 17.4. The van der Waals surface area contributed by atoms with Gasteiger partial charge in [0.1, 0.15) is 0 Å². The third-order valence-electron chi connectivity index (χ3n) is 3.77. The summed E-state index contributed by atoms with van der Waals surface area (Å²) in [5.41, 5.74) is 1.99. The van der Waals surface area contributed by atoms with Gasteiger partial charge in [-0.05, 0) is 6.42 Å². The molecule has 0 aliphatic heterocycles. The molecule has 0 saturated heterocycles. The van der Waals surface area contributed by atoms with Gasteiger partial charge in [0, 0.05) is 6.42 Å². The first kappa shape index (κ1) is 17.8. The van der Waals surface area contributed by atoms with Crippen molar-refractivity contribution in [2.45, 2.75) is 18.9 Å². The maximum atomic E-state index is 12.0. The van der Waals surface area contributed by atoms with Crippen molar-refractivity contribution in [3.8, 4) is 0 Å². The number of ether oxygens (including phenoxy) is 1. The summed E-state index contributed by atoms with van der Waals surface area (Å²) in [7, 11) is 1.30. The first-order valence-electron chi connectivity index (χ1n) is 7.77. The van der Waals surface area contributed by atoms with Crippen LogP contribution in [0.1, 0.15) is 12.8 Å². The lowest BCUT2D eigenvalue weighted by Crippen LogP contribution is -2.59. The highest BCUT2D eigenvalue weighted by Gasteiger charge is 2.28. The van der Waals surface area contributed by atoms with Gasteiger partial charge in [-0.3, -0.25) is 9.59 Å². The van der Waals surface area contributed by atoms with Crippen molar-refractivity contribution in [2.24, 2.45) is 0 Å². The molecule has 2 N–H and O–H groups in total. The Morgan fingerprint density at radius 3 is 1.96 bits per heavy atom. The van der Waals surface area contributed by atoms with Crippen LogP contribution in [0.15, 0.2) is 60.7 Å². The minimum Gasteiger partial charge on any atom is -0.481 e. The van der Waals surface area contributed by atoms with E-state index in [0.29, 0.717) is 0 Å². The molecule has 0 aromatic heterocycles. The number of carboxylic acid groups (broad SMARTS) is 1. The number of methoxy groups -OCH3 is 1. The van der Waals surface area contributed by atoms with Crippen LogP contribution in [0.4, 0.5) is 0 Å². The van der Waals surface area contributed by atoms with E-state index >= 15 is 0 Å². The lowest BCUT2D eigenvalue weighted by molar-refractivity contribution is -0.143. The fraction of sp³-hybridized carbons (Fsp3) is 0.222. The molecule has 1 atom stereocenters. The fourth-order valence-corrected chi connectivity index (χ4v) is 2.56. The summed E-state index contributed by atoms with van der Waals surface area (Å²) in [6, 6.07) is 18.7. The summed E-state index contributed by atoms with van der Waals surface area (Å²) < 4.78 is 4.82. The van der Waals surface area contributed by atoms with E-state index in [9.17, 15) is 9.59 Å². The van der Waals surface area contributed by atoms with Crippen LogP contribution in [0.5, 0.6) is 0 Å². The smallest absolute Gasteiger partial charge is 0.321 e. The Balaban J connectivity index is 2.28. The van der Waals surface area contributed by atoms with Crippen molar-refractivity contribution in [3.63, 3.8) is 0 Å². The average Bonchev–Trinajstić information content (AvgIpc) is 2.62. The van der Waals surface area contributed by atoms with Crippen molar-refractivity contribution < 1.29 is 19.4 Å². The molecule has 0 aliphatic rings. The summed E-state index contributed by atoms with van der Waals surface area (Å²) in [6.45, 7) is -0.231. The first-order valence-corrected chi connectivity index (χ1v) is 7.77. The Morgan fingerprint density at radius 2 is 1.54 bits per heavy atom. The monoisotopic (exact) mass is 325 g/mol. The van der Waals surface area contributed by atoms with Crippen molar-refractivity contribution >= 4 is 29.7 Å². The third-order valence-corrected chi connectivity index (χ3v) is 3.77. The maximum absolute atomic E-state index is 12.0. The van der Waals surface area contributed by atoms with Crippen LogP contribution in [-0.2, 0) is 14.3 Å². The average molecular weight is 325 g/mol. The van der Waals surface area contributed by atoms with Gasteiger partial charge in [0.25, 0.3) is 6.85 Å². The molecule has 0 radical (unpaired) electrons. The summed E-state index contributed by atoms with van der Waals surface area (Å²) >= 11 is 0. The van der Waals surface area contributed by atoms with E-state index in [1.54, 1.807) is 0 Å². The number of carbonyl (C=O) groups excluding carboxylic acids is 1. The predicted octanol–water partition coefficient (Wildman–Crippen LogP) is 0.788. The number of aliphatic carboxylic acids is 1. The van der Waals surface area contributed by atoms with Crippen LogP contribution >= 0.6 is 0 Å². The van der Waals surface area contributed by atoms with Gasteiger partial charge in [-0.15, -0.1) is 0 Å². The van der Waals surface area contributed by atoms with Crippen LogP contribution in [0, 0.1) is 0 Å². The number of hydrogen-bond acceptors (Lipinski definition) is 4. The molecule has 0 heterocycles. The SMILES string of the molecule is COC(=O)C(CCC(=O)O)NB(c1ccccc1)c1ccccc1. The van der Waals surface area contributed by atoms with Gasteiger partial charge in [-0.2, -0.15) is 0 Å². The molecule has 2 aromatic carbocycles. The molecule has 0 saturated carbocycles. The summed E-state index contributed by atoms with van der Waals surface area (Å²) in [5.74, 6) is -1.41. The number of benzene rings is 2. The normalized spacial score (nSPS) is 11.5. The summed E-state index contributed by atoms with van der Waals surface area (Å²) in [5, 5.41) is 12.2. The molecule has 6 heteroatoms. The van der Waals surface area contributed by atoms with Gasteiger partial charge in [-0.1, -0.05) is 71.6 Å². The van der Waals surface area contributed by atoms with Gasteiger partial charge in [0.15, 0.2) is 0 Å². The topological polar surface area (TPSA) is 75.6 Å². The molecule has 0 amide bonds. The van der Waals surface area contributed by atoms with Gasteiger partial charge in [-0.25, -0.2) is 0 Å². The number of rotatable bonds is 8. The minimum atomic E-state index is -0.943. The van der Waals surface area contributed by atoms with Gasteiger partial charge in [0.2, 0.25) is 0 Å².